The van der Waals surface area contributed by atoms with Crippen molar-refractivity contribution in [3.05, 3.63) is 29.6 Å². The van der Waals surface area contributed by atoms with Gasteiger partial charge in [-0.25, -0.2) is 4.79 Å². The predicted octanol–water partition coefficient (Wildman–Crippen LogP) is 0.899. The number of methoxy groups -OCH3 is 1. The quantitative estimate of drug-likeness (QED) is 0.869. The summed E-state index contributed by atoms with van der Waals surface area (Å²) in [6, 6.07) is 3.83. The largest absolute Gasteiger partial charge is 0.383 e. The van der Waals surface area contributed by atoms with Gasteiger partial charge in [0.25, 0.3) is 5.91 Å². The number of nitrogens with zero attached hydrogens (tertiary/aromatic N) is 3. The second-order valence-corrected chi connectivity index (χ2v) is 6.21. The van der Waals surface area contributed by atoms with Crippen LogP contribution in [0.2, 0.25) is 0 Å². The second kappa shape index (κ2) is 7.17. The molecule has 130 valence electrons. The standard InChI is InChI=1S/C17H24N4O3/c1-3-12-5-4-7-18-15(12)16(22)20-8-6-14-13(11-20)19-17(23)21(14)9-10-24-2/h4-5,7,13-14H,3,6,8-11H2,1-2H3,(H,19,23)/t13-,14+/m1/s1. The van der Waals surface area contributed by atoms with E-state index in [1.165, 1.54) is 0 Å². The molecule has 2 atom stereocenters. The third-order valence-electron chi connectivity index (χ3n) is 4.84. The van der Waals surface area contributed by atoms with Gasteiger partial charge in [0.05, 0.1) is 18.7 Å². The van der Waals surface area contributed by atoms with Gasteiger partial charge in [-0.2, -0.15) is 0 Å². The van der Waals surface area contributed by atoms with Crippen molar-refractivity contribution >= 4 is 11.9 Å². The zero-order valence-electron chi connectivity index (χ0n) is 14.2. The lowest BCUT2D eigenvalue weighted by Crippen LogP contribution is -2.53. The van der Waals surface area contributed by atoms with Crippen LogP contribution in [0.15, 0.2) is 18.3 Å². The fraction of sp³-hybridized carbons (Fsp3) is 0.588. The molecule has 0 aromatic carbocycles. The van der Waals surface area contributed by atoms with E-state index >= 15 is 0 Å². The lowest BCUT2D eigenvalue weighted by molar-refractivity contribution is 0.0635. The Bertz CT molecular complexity index is 622. The summed E-state index contributed by atoms with van der Waals surface area (Å²) in [6.07, 6.45) is 3.20. The Morgan fingerprint density at radius 1 is 1.50 bits per heavy atom. The molecule has 0 aliphatic carbocycles. The summed E-state index contributed by atoms with van der Waals surface area (Å²) in [5.41, 5.74) is 1.49. The van der Waals surface area contributed by atoms with Crippen LogP contribution < -0.4 is 5.32 Å². The molecular weight excluding hydrogens is 308 g/mol. The van der Waals surface area contributed by atoms with Crippen LogP contribution in [-0.2, 0) is 11.2 Å². The first kappa shape index (κ1) is 16.7. The summed E-state index contributed by atoms with van der Waals surface area (Å²) in [7, 11) is 1.63. The molecule has 1 aromatic rings. The molecule has 0 spiro atoms. The lowest BCUT2D eigenvalue weighted by Gasteiger charge is -2.36. The molecule has 2 saturated heterocycles. The van der Waals surface area contributed by atoms with E-state index in [1.807, 2.05) is 28.9 Å². The number of hydrogen-bond acceptors (Lipinski definition) is 4. The SMILES string of the molecule is CCc1cccnc1C(=O)N1CC[C@H]2[C@@H](C1)NC(=O)N2CCOC. The van der Waals surface area contributed by atoms with Gasteiger partial charge in [0.1, 0.15) is 5.69 Å². The van der Waals surface area contributed by atoms with Gasteiger partial charge >= 0.3 is 6.03 Å². The first-order valence-corrected chi connectivity index (χ1v) is 8.45. The number of piperidine rings is 1. The molecule has 0 unspecified atom stereocenters. The highest BCUT2D eigenvalue weighted by atomic mass is 16.5. The number of aryl methyl sites for hydroxylation is 1. The van der Waals surface area contributed by atoms with Gasteiger partial charge in [-0.3, -0.25) is 9.78 Å². The highest BCUT2D eigenvalue weighted by molar-refractivity contribution is 5.94. The molecule has 0 saturated carbocycles. The highest BCUT2D eigenvalue weighted by Gasteiger charge is 2.43. The highest BCUT2D eigenvalue weighted by Crippen LogP contribution is 2.24. The first-order chi connectivity index (χ1) is 11.7. The average Bonchev–Trinajstić information content (AvgIpc) is 2.93. The van der Waals surface area contributed by atoms with Gasteiger partial charge in [-0.1, -0.05) is 13.0 Å². The molecule has 3 rings (SSSR count). The minimum absolute atomic E-state index is 0.0270. The maximum Gasteiger partial charge on any atom is 0.318 e. The average molecular weight is 332 g/mol. The van der Waals surface area contributed by atoms with Crippen molar-refractivity contribution in [1.82, 2.24) is 20.1 Å². The van der Waals surface area contributed by atoms with Crippen molar-refractivity contribution in [1.29, 1.82) is 0 Å². The molecule has 7 nitrogen and oxygen atoms in total. The van der Waals surface area contributed by atoms with Crippen LogP contribution in [0, 0.1) is 0 Å². The van der Waals surface area contributed by atoms with Crippen molar-refractivity contribution in [3.63, 3.8) is 0 Å². The van der Waals surface area contributed by atoms with E-state index in [9.17, 15) is 9.59 Å². The van der Waals surface area contributed by atoms with Crippen LogP contribution in [0.1, 0.15) is 29.4 Å². The monoisotopic (exact) mass is 332 g/mol. The second-order valence-electron chi connectivity index (χ2n) is 6.21. The Kier molecular flexibility index (Phi) is 4.99. The molecule has 1 N–H and O–H groups in total. The number of nitrogens with one attached hydrogen (secondary N) is 1. The lowest BCUT2D eigenvalue weighted by atomic mass is 9.99. The number of fused-ring (bicyclic) bond motifs is 1. The maximum absolute atomic E-state index is 12.8. The summed E-state index contributed by atoms with van der Waals surface area (Å²) in [6.45, 7) is 4.28. The Morgan fingerprint density at radius 3 is 3.08 bits per heavy atom. The number of ether oxygens (including phenoxy) is 1. The molecule has 7 heteroatoms. The van der Waals surface area contributed by atoms with Gasteiger partial charge in [0.15, 0.2) is 0 Å². The molecule has 24 heavy (non-hydrogen) atoms. The Hall–Kier alpha value is -2.15. The number of carbonyl (C=O) groups is 2. The van der Waals surface area contributed by atoms with E-state index in [2.05, 4.69) is 10.3 Å². The smallest absolute Gasteiger partial charge is 0.318 e. The molecule has 1 aromatic heterocycles. The van der Waals surface area contributed by atoms with E-state index < -0.39 is 0 Å². The van der Waals surface area contributed by atoms with Crippen LogP contribution in [0.3, 0.4) is 0 Å². The third-order valence-corrected chi connectivity index (χ3v) is 4.84. The van der Waals surface area contributed by atoms with Crippen LogP contribution in [0.4, 0.5) is 4.79 Å². The summed E-state index contributed by atoms with van der Waals surface area (Å²) in [5.74, 6) is -0.0458. The number of urea groups is 1. The molecule has 2 aliphatic heterocycles. The van der Waals surface area contributed by atoms with Gasteiger partial charge in [-0.15, -0.1) is 0 Å². The Balaban J connectivity index is 1.69. The minimum atomic E-state index is -0.0663. The fourth-order valence-electron chi connectivity index (χ4n) is 3.55. The van der Waals surface area contributed by atoms with Crippen molar-refractivity contribution < 1.29 is 14.3 Å². The minimum Gasteiger partial charge on any atom is -0.383 e. The number of aromatic nitrogens is 1. The van der Waals surface area contributed by atoms with Crippen molar-refractivity contribution in [3.8, 4) is 0 Å². The molecule has 0 radical (unpaired) electrons. The number of hydrogen-bond donors (Lipinski definition) is 1. The summed E-state index contributed by atoms with van der Waals surface area (Å²) >= 11 is 0. The van der Waals surface area contributed by atoms with E-state index in [0.29, 0.717) is 31.9 Å². The van der Waals surface area contributed by atoms with E-state index in [4.69, 9.17) is 4.74 Å². The van der Waals surface area contributed by atoms with Gasteiger partial charge in [0.2, 0.25) is 0 Å². The van der Waals surface area contributed by atoms with E-state index in [1.54, 1.807) is 13.3 Å². The van der Waals surface area contributed by atoms with Crippen molar-refractivity contribution in [2.45, 2.75) is 31.8 Å². The van der Waals surface area contributed by atoms with E-state index in [-0.39, 0.29) is 24.0 Å². The molecule has 3 heterocycles. The van der Waals surface area contributed by atoms with Crippen molar-refractivity contribution in [2.75, 3.05) is 33.4 Å². The zero-order valence-corrected chi connectivity index (χ0v) is 14.2. The van der Waals surface area contributed by atoms with Gasteiger partial charge < -0.3 is 19.9 Å². The first-order valence-electron chi connectivity index (χ1n) is 8.45. The fourth-order valence-corrected chi connectivity index (χ4v) is 3.55. The molecular formula is C17H24N4O3. The summed E-state index contributed by atoms with van der Waals surface area (Å²) in [4.78, 5) is 32.9. The Morgan fingerprint density at radius 2 is 2.33 bits per heavy atom. The van der Waals surface area contributed by atoms with Gasteiger partial charge in [-0.05, 0) is 24.5 Å². The molecule has 3 amide bonds. The number of carbonyl (C=O) groups excluding carboxylic acids is 2. The van der Waals surface area contributed by atoms with Crippen molar-refractivity contribution in [2.24, 2.45) is 0 Å². The van der Waals surface area contributed by atoms with Gasteiger partial charge in [0, 0.05) is 32.9 Å². The molecule has 2 fully saturated rings. The molecule has 0 bridgehead atoms. The normalized spacial score (nSPS) is 23.2. The third kappa shape index (κ3) is 3.08. The van der Waals surface area contributed by atoms with Crippen LogP contribution in [0.25, 0.3) is 0 Å². The Labute approximate surface area is 142 Å². The van der Waals surface area contributed by atoms with E-state index in [0.717, 1.165) is 18.4 Å². The number of rotatable bonds is 5. The summed E-state index contributed by atoms with van der Waals surface area (Å²) in [5, 5.41) is 3.00. The zero-order chi connectivity index (χ0) is 17.1. The number of pyridine rings is 1. The van der Waals surface area contributed by atoms with Crippen LogP contribution in [-0.4, -0.2) is 72.2 Å². The summed E-state index contributed by atoms with van der Waals surface area (Å²) < 4.78 is 5.08. The topological polar surface area (TPSA) is 74.8 Å². The number of likely N-dealkylation sites (tertiary alicyclic amines) is 1. The number of amides is 3. The predicted molar refractivity (Wildman–Crippen MR) is 88.8 cm³/mol. The molecule has 2 aliphatic rings. The van der Waals surface area contributed by atoms with Crippen LogP contribution in [0.5, 0.6) is 0 Å². The maximum atomic E-state index is 12.8. The van der Waals surface area contributed by atoms with Crippen LogP contribution >= 0.6 is 0 Å².